The molecule has 3 rings (SSSR count). The Bertz CT molecular complexity index is 825. The Morgan fingerprint density at radius 3 is 2.28 bits per heavy atom. The molecule has 7 heteroatoms. The van der Waals surface area contributed by atoms with E-state index in [4.69, 9.17) is 17.3 Å². The molecular weight excluding hydrogens is 336 g/mol. The molecular formula is C18H19ClN6. The van der Waals surface area contributed by atoms with E-state index in [1.807, 2.05) is 42.5 Å². The van der Waals surface area contributed by atoms with Crippen LogP contribution in [0.5, 0.6) is 0 Å². The lowest BCUT2D eigenvalue weighted by atomic mass is 10.1. The van der Waals surface area contributed by atoms with E-state index in [2.05, 4.69) is 37.7 Å². The van der Waals surface area contributed by atoms with Crippen molar-refractivity contribution < 1.29 is 0 Å². The molecule has 0 fully saturated rings. The molecule has 6 nitrogen and oxygen atoms in total. The molecule has 4 N–H and O–H groups in total. The second-order valence-corrected chi connectivity index (χ2v) is 5.86. The van der Waals surface area contributed by atoms with E-state index in [-0.39, 0.29) is 5.95 Å². The second kappa shape index (κ2) is 8.30. The molecule has 1 heterocycles. The molecule has 0 atom stereocenters. The fourth-order valence-electron chi connectivity index (χ4n) is 2.33. The largest absolute Gasteiger partial charge is 0.368 e. The van der Waals surface area contributed by atoms with Gasteiger partial charge in [0.05, 0.1) is 0 Å². The van der Waals surface area contributed by atoms with E-state index in [0.717, 1.165) is 12.0 Å². The number of aromatic nitrogens is 3. The summed E-state index contributed by atoms with van der Waals surface area (Å²) in [7, 11) is 0. The lowest BCUT2D eigenvalue weighted by Crippen LogP contribution is -2.13. The predicted molar refractivity (Wildman–Crippen MR) is 102 cm³/mol. The van der Waals surface area contributed by atoms with Gasteiger partial charge in [-0.15, -0.1) is 0 Å². The minimum absolute atomic E-state index is 0.166. The number of benzene rings is 2. The first-order chi connectivity index (χ1) is 12.2. The van der Waals surface area contributed by atoms with Gasteiger partial charge in [-0.1, -0.05) is 60.1 Å². The van der Waals surface area contributed by atoms with Gasteiger partial charge in [0.1, 0.15) is 0 Å². The molecule has 25 heavy (non-hydrogen) atoms. The Labute approximate surface area is 151 Å². The molecule has 0 aliphatic rings. The molecule has 3 aromatic rings. The average molecular weight is 355 g/mol. The van der Waals surface area contributed by atoms with E-state index in [1.165, 1.54) is 5.56 Å². The Hall–Kier alpha value is -2.86. The number of hydrogen-bond acceptors (Lipinski definition) is 6. The van der Waals surface area contributed by atoms with Crippen LogP contribution in [0.25, 0.3) is 0 Å². The summed E-state index contributed by atoms with van der Waals surface area (Å²) in [5.74, 6) is 1.03. The van der Waals surface area contributed by atoms with Crippen molar-refractivity contribution in [3.05, 3.63) is 70.7 Å². The summed E-state index contributed by atoms with van der Waals surface area (Å²) in [4.78, 5) is 12.6. The van der Waals surface area contributed by atoms with Gasteiger partial charge >= 0.3 is 0 Å². The molecule has 0 amide bonds. The first-order valence-electron chi connectivity index (χ1n) is 7.97. The van der Waals surface area contributed by atoms with Gasteiger partial charge < -0.3 is 16.4 Å². The SMILES string of the molecule is Nc1nc(NCCc2ccccc2)nc(NCc2ccccc2Cl)n1. The van der Waals surface area contributed by atoms with E-state index < -0.39 is 0 Å². The van der Waals surface area contributed by atoms with Crippen LogP contribution in [0.3, 0.4) is 0 Å². The third-order valence-electron chi connectivity index (χ3n) is 3.59. The number of hydrogen-bond donors (Lipinski definition) is 3. The smallest absolute Gasteiger partial charge is 0.229 e. The summed E-state index contributed by atoms with van der Waals surface area (Å²) in [5, 5.41) is 6.99. The van der Waals surface area contributed by atoms with Crippen LogP contribution in [0, 0.1) is 0 Å². The van der Waals surface area contributed by atoms with Crippen LogP contribution >= 0.6 is 11.6 Å². The van der Waals surface area contributed by atoms with Gasteiger partial charge in [0.15, 0.2) is 0 Å². The molecule has 0 spiro atoms. The van der Waals surface area contributed by atoms with Crippen molar-refractivity contribution in [1.29, 1.82) is 0 Å². The van der Waals surface area contributed by atoms with E-state index >= 15 is 0 Å². The molecule has 0 unspecified atom stereocenters. The first-order valence-corrected chi connectivity index (χ1v) is 8.35. The van der Waals surface area contributed by atoms with Crippen molar-refractivity contribution >= 4 is 29.4 Å². The number of halogens is 1. The van der Waals surface area contributed by atoms with Crippen LogP contribution in [-0.4, -0.2) is 21.5 Å². The fourth-order valence-corrected chi connectivity index (χ4v) is 2.53. The van der Waals surface area contributed by atoms with Gasteiger partial charge in [-0.25, -0.2) is 0 Å². The molecule has 128 valence electrons. The van der Waals surface area contributed by atoms with E-state index in [9.17, 15) is 0 Å². The molecule has 0 aliphatic carbocycles. The zero-order chi connectivity index (χ0) is 17.5. The molecule has 1 aromatic heterocycles. The van der Waals surface area contributed by atoms with Crippen molar-refractivity contribution in [3.8, 4) is 0 Å². The second-order valence-electron chi connectivity index (χ2n) is 5.45. The highest BCUT2D eigenvalue weighted by atomic mass is 35.5. The van der Waals surface area contributed by atoms with Crippen molar-refractivity contribution in [1.82, 2.24) is 15.0 Å². The predicted octanol–water partition coefficient (Wildman–Crippen LogP) is 3.37. The van der Waals surface area contributed by atoms with Crippen molar-refractivity contribution in [2.24, 2.45) is 0 Å². The zero-order valence-corrected chi connectivity index (χ0v) is 14.4. The minimum atomic E-state index is 0.166. The third-order valence-corrected chi connectivity index (χ3v) is 3.96. The van der Waals surface area contributed by atoms with Crippen molar-refractivity contribution in [2.45, 2.75) is 13.0 Å². The summed E-state index contributed by atoms with van der Waals surface area (Å²) in [5.41, 5.74) is 7.98. The van der Waals surface area contributed by atoms with Crippen LogP contribution < -0.4 is 16.4 Å². The normalized spacial score (nSPS) is 10.4. The highest BCUT2D eigenvalue weighted by Gasteiger charge is 2.05. The Kier molecular flexibility index (Phi) is 5.64. The third kappa shape index (κ3) is 5.06. The summed E-state index contributed by atoms with van der Waals surface area (Å²) in [6.45, 7) is 1.21. The fraction of sp³-hybridized carbons (Fsp3) is 0.167. The Balaban J connectivity index is 1.59. The van der Waals surface area contributed by atoms with Crippen LogP contribution in [0.15, 0.2) is 54.6 Å². The van der Waals surface area contributed by atoms with Gasteiger partial charge in [0, 0.05) is 18.1 Å². The maximum atomic E-state index is 6.15. The van der Waals surface area contributed by atoms with E-state index in [0.29, 0.717) is 30.0 Å². The quantitative estimate of drug-likeness (QED) is 0.602. The van der Waals surface area contributed by atoms with E-state index in [1.54, 1.807) is 0 Å². The average Bonchev–Trinajstić information content (AvgIpc) is 2.62. The summed E-state index contributed by atoms with van der Waals surface area (Å²) in [6.07, 6.45) is 0.870. The topological polar surface area (TPSA) is 88.8 Å². The molecule has 0 radical (unpaired) electrons. The number of nitrogens with one attached hydrogen (secondary N) is 2. The molecule has 0 saturated carbocycles. The number of rotatable bonds is 7. The Morgan fingerprint density at radius 2 is 1.52 bits per heavy atom. The minimum Gasteiger partial charge on any atom is -0.368 e. The van der Waals surface area contributed by atoms with Gasteiger partial charge in [-0.3, -0.25) is 0 Å². The molecule has 0 aliphatic heterocycles. The zero-order valence-electron chi connectivity index (χ0n) is 13.6. The van der Waals surface area contributed by atoms with Crippen LogP contribution in [0.2, 0.25) is 5.02 Å². The van der Waals surface area contributed by atoms with Crippen molar-refractivity contribution in [3.63, 3.8) is 0 Å². The Morgan fingerprint density at radius 1 is 0.840 bits per heavy atom. The highest BCUT2D eigenvalue weighted by Crippen LogP contribution is 2.16. The van der Waals surface area contributed by atoms with Crippen LogP contribution in [0.1, 0.15) is 11.1 Å². The number of nitrogens with zero attached hydrogens (tertiary/aromatic N) is 3. The lowest BCUT2D eigenvalue weighted by Gasteiger charge is -2.09. The van der Waals surface area contributed by atoms with Gasteiger partial charge in [-0.2, -0.15) is 15.0 Å². The van der Waals surface area contributed by atoms with Gasteiger partial charge in [-0.05, 0) is 23.6 Å². The maximum absolute atomic E-state index is 6.15. The standard InChI is InChI=1S/C18H19ClN6/c19-15-9-5-4-8-14(15)12-22-18-24-16(20)23-17(25-18)21-11-10-13-6-2-1-3-7-13/h1-9H,10-12H2,(H4,20,21,22,23,24,25). The number of anilines is 3. The molecule has 2 aromatic carbocycles. The first kappa shape index (κ1) is 17.0. The van der Waals surface area contributed by atoms with Gasteiger partial charge in [0.25, 0.3) is 0 Å². The van der Waals surface area contributed by atoms with Gasteiger partial charge in [0.2, 0.25) is 17.8 Å². The molecule has 0 bridgehead atoms. The summed E-state index contributed by atoms with van der Waals surface area (Å²) < 4.78 is 0. The number of nitrogen functional groups attached to an aromatic ring is 1. The van der Waals surface area contributed by atoms with Crippen LogP contribution in [0.4, 0.5) is 17.8 Å². The summed E-state index contributed by atoms with van der Waals surface area (Å²) in [6, 6.07) is 17.8. The van der Waals surface area contributed by atoms with Crippen molar-refractivity contribution in [2.75, 3.05) is 22.9 Å². The summed E-state index contributed by atoms with van der Waals surface area (Å²) >= 11 is 6.15. The number of nitrogens with two attached hydrogens (primary N) is 1. The van der Waals surface area contributed by atoms with Crippen LogP contribution in [-0.2, 0) is 13.0 Å². The monoisotopic (exact) mass is 354 g/mol. The highest BCUT2D eigenvalue weighted by molar-refractivity contribution is 6.31. The maximum Gasteiger partial charge on any atom is 0.229 e. The lowest BCUT2D eigenvalue weighted by molar-refractivity contribution is 0.958. The molecule has 0 saturated heterocycles.